The molecular formula is C18H21NO. The first-order valence-electron chi connectivity index (χ1n) is 7.15. The van der Waals surface area contributed by atoms with Gasteiger partial charge in [0.25, 0.3) is 0 Å². The summed E-state index contributed by atoms with van der Waals surface area (Å²) in [6.07, 6.45) is 8.19. The number of hydrogen-bond acceptors (Lipinski definition) is 2. The molecule has 0 bridgehead atoms. The zero-order chi connectivity index (χ0) is 14.2. The molecule has 1 heterocycles. The molecule has 1 aromatic carbocycles. The molecule has 0 unspecified atom stereocenters. The minimum absolute atomic E-state index is 0.784. The summed E-state index contributed by atoms with van der Waals surface area (Å²) in [4.78, 5) is 4.48. The van der Waals surface area contributed by atoms with E-state index < -0.39 is 0 Å². The van der Waals surface area contributed by atoms with Gasteiger partial charge in [-0.1, -0.05) is 31.6 Å². The van der Waals surface area contributed by atoms with Crippen molar-refractivity contribution in [3.8, 4) is 17.0 Å². The van der Waals surface area contributed by atoms with Crippen LogP contribution >= 0.6 is 0 Å². The molecule has 0 saturated carbocycles. The summed E-state index contributed by atoms with van der Waals surface area (Å²) in [7, 11) is 0. The zero-order valence-corrected chi connectivity index (χ0v) is 12.2. The lowest BCUT2D eigenvalue weighted by Crippen LogP contribution is -1.96. The monoisotopic (exact) mass is 267 g/mol. The van der Waals surface area contributed by atoms with E-state index in [4.69, 9.17) is 4.74 Å². The molecule has 2 rings (SSSR count). The SMILES string of the molecule is CC=Cc1ccc(-c2ccc(OCCCC)cc2)nc1. The van der Waals surface area contributed by atoms with Crippen molar-refractivity contribution in [1.82, 2.24) is 4.98 Å². The minimum atomic E-state index is 0.784. The summed E-state index contributed by atoms with van der Waals surface area (Å²) < 4.78 is 5.66. The van der Waals surface area contributed by atoms with Gasteiger partial charge in [-0.25, -0.2) is 0 Å². The maximum Gasteiger partial charge on any atom is 0.119 e. The summed E-state index contributed by atoms with van der Waals surface area (Å²) in [6.45, 7) is 4.95. The molecule has 20 heavy (non-hydrogen) atoms. The highest BCUT2D eigenvalue weighted by molar-refractivity contribution is 5.61. The lowest BCUT2D eigenvalue weighted by molar-refractivity contribution is 0.309. The van der Waals surface area contributed by atoms with Crippen molar-refractivity contribution in [3.05, 3.63) is 54.2 Å². The van der Waals surface area contributed by atoms with Crippen LogP contribution in [0.25, 0.3) is 17.3 Å². The van der Waals surface area contributed by atoms with Crippen molar-refractivity contribution in [2.24, 2.45) is 0 Å². The van der Waals surface area contributed by atoms with E-state index in [-0.39, 0.29) is 0 Å². The van der Waals surface area contributed by atoms with Crippen LogP contribution in [0.4, 0.5) is 0 Å². The number of rotatable bonds is 6. The Morgan fingerprint density at radius 3 is 2.50 bits per heavy atom. The fourth-order valence-corrected chi connectivity index (χ4v) is 1.92. The molecular weight excluding hydrogens is 246 g/mol. The number of hydrogen-bond donors (Lipinski definition) is 0. The Morgan fingerprint density at radius 2 is 1.90 bits per heavy atom. The molecule has 1 aromatic heterocycles. The Morgan fingerprint density at radius 1 is 1.10 bits per heavy atom. The van der Waals surface area contributed by atoms with Crippen LogP contribution in [-0.4, -0.2) is 11.6 Å². The van der Waals surface area contributed by atoms with Crippen LogP contribution in [0, 0.1) is 0 Å². The van der Waals surface area contributed by atoms with Gasteiger partial charge in [-0.2, -0.15) is 0 Å². The van der Waals surface area contributed by atoms with E-state index in [0.29, 0.717) is 0 Å². The second kappa shape index (κ2) is 7.49. The van der Waals surface area contributed by atoms with Gasteiger partial charge in [-0.05, 0) is 49.2 Å². The van der Waals surface area contributed by atoms with Crippen LogP contribution in [0.15, 0.2) is 48.7 Å². The summed E-state index contributed by atoms with van der Waals surface area (Å²) >= 11 is 0. The maximum atomic E-state index is 5.66. The smallest absolute Gasteiger partial charge is 0.119 e. The van der Waals surface area contributed by atoms with Crippen LogP contribution in [0.1, 0.15) is 32.3 Å². The third-order valence-electron chi connectivity index (χ3n) is 3.06. The number of unbranched alkanes of at least 4 members (excludes halogenated alkanes) is 1. The van der Waals surface area contributed by atoms with Gasteiger partial charge in [0.05, 0.1) is 12.3 Å². The first-order chi connectivity index (χ1) is 9.83. The van der Waals surface area contributed by atoms with Gasteiger partial charge in [0.2, 0.25) is 0 Å². The number of pyridine rings is 1. The lowest BCUT2D eigenvalue weighted by atomic mass is 10.1. The van der Waals surface area contributed by atoms with E-state index in [1.807, 2.05) is 43.5 Å². The molecule has 2 heteroatoms. The molecule has 0 radical (unpaired) electrons. The van der Waals surface area contributed by atoms with Gasteiger partial charge in [-0.15, -0.1) is 0 Å². The quantitative estimate of drug-likeness (QED) is 0.690. The van der Waals surface area contributed by atoms with Gasteiger partial charge < -0.3 is 4.74 Å². The lowest BCUT2D eigenvalue weighted by Gasteiger charge is -2.06. The number of nitrogens with zero attached hydrogens (tertiary/aromatic N) is 1. The summed E-state index contributed by atoms with van der Waals surface area (Å²) in [5, 5.41) is 0. The highest BCUT2D eigenvalue weighted by Crippen LogP contribution is 2.21. The van der Waals surface area contributed by atoms with Gasteiger partial charge in [0.1, 0.15) is 5.75 Å². The summed E-state index contributed by atoms with van der Waals surface area (Å²) in [6, 6.07) is 12.2. The minimum Gasteiger partial charge on any atom is -0.494 e. The Bertz CT molecular complexity index is 541. The van der Waals surface area contributed by atoms with Gasteiger partial charge in [-0.3, -0.25) is 4.98 Å². The van der Waals surface area contributed by atoms with Crippen LogP contribution in [0.2, 0.25) is 0 Å². The number of allylic oxidation sites excluding steroid dienone is 1. The van der Waals surface area contributed by atoms with E-state index in [1.165, 1.54) is 0 Å². The van der Waals surface area contributed by atoms with Crippen molar-refractivity contribution in [1.29, 1.82) is 0 Å². The molecule has 0 aliphatic heterocycles. The molecule has 0 N–H and O–H groups in total. The number of benzene rings is 1. The van der Waals surface area contributed by atoms with Crippen molar-refractivity contribution in [2.45, 2.75) is 26.7 Å². The molecule has 2 aromatic rings. The topological polar surface area (TPSA) is 22.1 Å². The fourth-order valence-electron chi connectivity index (χ4n) is 1.92. The predicted molar refractivity (Wildman–Crippen MR) is 84.8 cm³/mol. The largest absolute Gasteiger partial charge is 0.494 e. The Hall–Kier alpha value is -2.09. The molecule has 0 saturated heterocycles. The molecule has 0 spiro atoms. The molecule has 0 fully saturated rings. The van der Waals surface area contributed by atoms with Crippen molar-refractivity contribution in [2.75, 3.05) is 6.61 Å². The molecule has 0 aliphatic rings. The average Bonchev–Trinajstić information content (AvgIpc) is 2.49. The average molecular weight is 267 g/mol. The van der Waals surface area contributed by atoms with Crippen LogP contribution < -0.4 is 4.74 Å². The second-order valence-electron chi connectivity index (χ2n) is 4.70. The molecule has 0 atom stereocenters. The van der Waals surface area contributed by atoms with E-state index in [1.54, 1.807) is 0 Å². The number of ether oxygens (including phenoxy) is 1. The zero-order valence-electron chi connectivity index (χ0n) is 12.2. The highest BCUT2D eigenvalue weighted by atomic mass is 16.5. The standard InChI is InChI=1S/C18H21NO/c1-3-5-13-20-17-10-8-16(9-11-17)18-12-7-15(6-4-2)14-19-18/h4,6-12,14H,3,5,13H2,1-2H3. The van der Waals surface area contributed by atoms with Crippen LogP contribution in [0.3, 0.4) is 0 Å². The van der Waals surface area contributed by atoms with Gasteiger partial charge >= 0.3 is 0 Å². The third-order valence-corrected chi connectivity index (χ3v) is 3.06. The molecule has 0 aliphatic carbocycles. The fraction of sp³-hybridized carbons (Fsp3) is 0.278. The normalized spacial score (nSPS) is 10.9. The van der Waals surface area contributed by atoms with Crippen molar-refractivity contribution in [3.63, 3.8) is 0 Å². The van der Waals surface area contributed by atoms with E-state index in [9.17, 15) is 0 Å². The van der Waals surface area contributed by atoms with Crippen LogP contribution in [0.5, 0.6) is 5.75 Å². The Labute approximate surface area is 121 Å². The van der Waals surface area contributed by atoms with E-state index in [2.05, 4.69) is 30.1 Å². The first-order valence-corrected chi connectivity index (χ1v) is 7.15. The Balaban J connectivity index is 2.05. The highest BCUT2D eigenvalue weighted by Gasteiger charge is 2.00. The number of aromatic nitrogens is 1. The second-order valence-corrected chi connectivity index (χ2v) is 4.70. The van der Waals surface area contributed by atoms with Crippen molar-refractivity contribution >= 4 is 6.08 Å². The third kappa shape index (κ3) is 3.95. The first kappa shape index (κ1) is 14.3. The van der Waals surface area contributed by atoms with Crippen molar-refractivity contribution < 1.29 is 4.74 Å². The molecule has 2 nitrogen and oxygen atoms in total. The molecule has 0 amide bonds. The summed E-state index contributed by atoms with van der Waals surface area (Å²) in [5.74, 6) is 0.924. The molecule has 104 valence electrons. The van der Waals surface area contributed by atoms with Crippen LogP contribution in [-0.2, 0) is 0 Å². The summed E-state index contributed by atoms with van der Waals surface area (Å²) in [5.41, 5.74) is 3.22. The van der Waals surface area contributed by atoms with Gasteiger partial charge in [0, 0.05) is 11.8 Å². The maximum absolute atomic E-state index is 5.66. The van der Waals surface area contributed by atoms with Gasteiger partial charge in [0.15, 0.2) is 0 Å². The predicted octanol–water partition coefficient (Wildman–Crippen LogP) is 4.96. The van der Waals surface area contributed by atoms with E-state index in [0.717, 1.165) is 42.0 Å². The Kier molecular flexibility index (Phi) is 5.36. The van der Waals surface area contributed by atoms with E-state index >= 15 is 0 Å².